The number of aliphatic hydroxyl groups is 1. The Kier molecular flexibility index (Phi) is 3.23. The number of nitrogens with one attached hydrogen (secondary N) is 1. The molecule has 1 atom stereocenters. The molecule has 90 valence electrons. The number of carbonyl (C=O) groups excluding carboxylic acids is 1. The predicted octanol–water partition coefficient (Wildman–Crippen LogP) is 1.62. The van der Waals surface area contributed by atoms with Gasteiger partial charge in [-0.2, -0.15) is 0 Å². The number of aliphatic hydroxyl groups excluding tert-OH is 1. The van der Waals surface area contributed by atoms with Gasteiger partial charge in [-0.25, -0.2) is 0 Å². The Morgan fingerprint density at radius 1 is 1.65 bits per heavy atom. The van der Waals surface area contributed by atoms with E-state index in [0.29, 0.717) is 10.9 Å². The maximum Gasteiger partial charge on any atom is 0.261 e. The summed E-state index contributed by atoms with van der Waals surface area (Å²) in [4.78, 5) is 13.4. The van der Waals surface area contributed by atoms with Crippen LogP contribution in [-0.2, 0) is 0 Å². The Morgan fingerprint density at radius 2 is 2.35 bits per heavy atom. The Bertz CT molecular complexity index is 493. The van der Waals surface area contributed by atoms with Gasteiger partial charge in [0.05, 0.1) is 9.75 Å². The minimum atomic E-state index is -0.157. The normalized spacial score (nSPS) is 20.3. The van der Waals surface area contributed by atoms with E-state index in [1.54, 1.807) is 12.1 Å². The minimum absolute atomic E-state index is 0.0253. The molecule has 1 unspecified atom stereocenters. The lowest BCUT2D eigenvalue weighted by atomic mass is 10.2. The zero-order chi connectivity index (χ0) is 12.5. The Hall–Kier alpha value is -1.31. The molecular weight excluding hydrogens is 234 g/mol. The molecule has 1 fully saturated rings. The van der Waals surface area contributed by atoms with Crippen LogP contribution < -0.4 is 5.32 Å². The van der Waals surface area contributed by atoms with Crippen LogP contribution in [0.2, 0.25) is 0 Å². The molecule has 1 heterocycles. The molecule has 1 saturated carbocycles. The first-order valence-corrected chi connectivity index (χ1v) is 6.35. The molecule has 0 spiro atoms. The van der Waals surface area contributed by atoms with Crippen molar-refractivity contribution < 1.29 is 9.90 Å². The van der Waals surface area contributed by atoms with Crippen LogP contribution in [0.5, 0.6) is 0 Å². The van der Waals surface area contributed by atoms with E-state index in [4.69, 9.17) is 5.11 Å². The monoisotopic (exact) mass is 249 g/mol. The molecule has 2 N–H and O–H groups in total. The largest absolute Gasteiger partial charge is 0.384 e. The molecule has 3 nitrogen and oxygen atoms in total. The van der Waals surface area contributed by atoms with Gasteiger partial charge < -0.3 is 10.4 Å². The van der Waals surface area contributed by atoms with Gasteiger partial charge in [-0.05, 0) is 24.0 Å². The number of rotatable bonds is 2. The van der Waals surface area contributed by atoms with Crippen molar-refractivity contribution in [2.24, 2.45) is 5.41 Å². The number of hydrogen-bond donors (Lipinski definition) is 2. The zero-order valence-corrected chi connectivity index (χ0v) is 10.7. The van der Waals surface area contributed by atoms with E-state index in [0.717, 1.165) is 11.3 Å². The molecule has 4 heteroatoms. The van der Waals surface area contributed by atoms with Gasteiger partial charge in [0.25, 0.3) is 5.91 Å². The summed E-state index contributed by atoms with van der Waals surface area (Å²) in [5.41, 5.74) is 0.243. The Labute approximate surface area is 105 Å². The Morgan fingerprint density at radius 3 is 2.94 bits per heavy atom. The molecule has 1 aromatic heterocycles. The van der Waals surface area contributed by atoms with E-state index in [-0.39, 0.29) is 17.9 Å². The molecule has 0 radical (unpaired) electrons. The Balaban J connectivity index is 1.98. The smallest absolute Gasteiger partial charge is 0.261 e. The van der Waals surface area contributed by atoms with E-state index in [1.165, 1.54) is 11.3 Å². The summed E-state index contributed by atoms with van der Waals surface area (Å²) in [7, 11) is 0. The number of carbonyl (C=O) groups is 1. The summed E-state index contributed by atoms with van der Waals surface area (Å²) in [5, 5.41) is 11.6. The van der Waals surface area contributed by atoms with Crippen LogP contribution in [0, 0.1) is 17.3 Å². The fourth-order valence-corrected chi connectivity index (χ4v) is 2.38. The van der Waals surface area contributed by atoms with Crippen LogP contribution >= 0.6 is 11.3 Å². The highest BCUT2D eigenvalue weighted by Gasteiger charge is 2.46. The second-order valence-electron chi connectivity index (χ2n) is 4.84. The summed E-state index contributed by atoms with van der Waals surface area (Å²) in [6.07, 6.45) is 1.04. The fraction of sp³-hybridized carbons (Fsp3) is 0.462. The van der Waals surface area contributed by atoms with E-state index >= 15 is 0 Å². The lowest BCUT2D eigenvalue weighted by Gasteiger charge is -2.04. The van der Waals surface area contributed by atoms with Crippen molar-refractivity contribution in [3.63, 3.8) is 0 Å². The number of thiophene rings is 1. The molecular formula is C13H15NO2S. The van der Waals surface area contributed by atoms with Crippen LogP contribution in [0.25, 0.3) is 0 Å². The minimum Gasteiger partial charge on any atom is -0.384 e. The summed E-state index contributed by atoms with van der Waals surface area (Å²) < 4.78 is 0. The summed E-state index contributed by atoms with van der Waals surface area (Å²) >= 11 is 1.35. The van der Waals surface area contributed by atoms with Gasteiger partial charge in [-0.1, -0.05) is 25.7 Å². The van der Waals surface area contributed by atoms with Gasteiger partial charge in [-0.15, -0.1) is 11.3 Å². The third-order valence-electron chi connectivity index (χ3n) is 2.94. The van der Waals surface area contributed by atoms with E-state index < -0.39 is 0 Å². The van der Waals surface area contributed by atoms with Crippen molar-refractivity contribution in [3.05, 3.63) is 21.9 Å². The lowest BCUT2D eigenvalue weighted by Crippen LogP contribution is -2.27. The van der Waals surface area contributed by atoms with Crippen molar-refractivity contribution in [3.8, 4) is 11.8 Å². The molecule has 0 bridgehead atoms. The summed E-state index contributed by atoms with van der Waals surface area (Å²) in [5.74, 6) is 5.34. The molecule has 1 aliphatic carbocycles. The van der Waals surface area contributed by atoms with Crippen molar-refractivity contribution in [1.82, 2.24) is 5.32 Å². The van der Waals surface area contributed by atoms with Gasteiger partial charge in [0.15, 0.2) is 0 Å². The highest BCUT2D eigenvalue weighted by atomic mass is 32.1. The second-order valence-corrected chi connectivity index (χ2v) is 5.93. The highest BCUT2D eigenvalue weighted by molar-refractivity contribution is 7.14. The molecule has 0 aromatic carbocycles. The van der Waals surface area contributed by atoms with Gasteiger partial charge in [-0.3, -0.25) is 4.79 Å². The van der Waals surface area contributed by atoms with Crippen molar-refractivity contribution in [2.45, 2.75) is 26.3 Å². The quantitative estimate of drug-likeness (QED) is 0.783. The average molecular weight is 249 g/mol. The molecule has 1 aliphatic rings. The second kappa shape index (κ2) is 4.52. The molecule has 0 aliphatic heterocycles. The highest BCUT2D eigenvalue weighted by Crippen LogP contribution is 2.44. The topological polar surface area (TPSA) is 49.3 Å². The molecule has 0 saturated heterocycles. The third kappa shape index (κ3) is 2.87. The standard InChI is InChI=1S/C13H15NO2S/c1-13(2)8-11(13)14-12(16)10-6-5-9(17-10)4-3-7-15/h5-6,11,15H,7-8H2,1-2H3,(H,14,16). The molecule has 2 rings (SSSR count). The van der Waals surface area contributed by atoms with Gasteiger partial charge in [0, 0.05) is 6.04 Å². The summed E-state index contributed by atoms with van der Waals surface area (Å²) in [6.45, 7) is 4.13. The average Bonchev–Trinajstić information content (AvgIpc) is 2.71. The lowest BCUT2D eigenvalue weighted by molar-refractivity contribution is 0.0950. The van der Waals surface area contributed by atoms with E-state index in [9.17, 15) is 4.79 Å². The predicted molar refractivity (Wildman–Crippen MR) is 67.9 cm³/mol. The van der Waals surface area contributed by atoms with Crippen molar-refractivity contribution in [1.29, 1.82) is 0 Å². The van der Waals surface area contributed by atoms with Crippen LogP contribution in [0.1, 0.15) is 34.8 Å². The van der Waals surface area contributed by atoms with E-state index in [1.807, 2.05) is 0 Å². The first-order chi connectivity index (χ1) is 8.03. The van der Waals surface area contributed by atoms with Gasteiger partial charge in [0.1, 0.15) is 6.61 Å². The van der Waals surface area contributed by atoms with Crippen LogP contribution in [0.4, 0.5) is 0 Å². The van der Waals surface area contributed by atoms with Gasteiger partial charge >= 0.3 is 0 Å². The molecule has 1 amide bonds. The number of hydrogen-bond acceptors (Lipinski definition) is 3. The van der Waals surface area contributed by atoms with E-state index in [2.05, 4.69) is 31.0 Å². The SMILES string of the molecule is CC1(C)CC1NC(=O)c1ccc(C#CCO)s1. The fourth-order valence-electron chi connectivity index (χ4n) is 1.60. The molecule has 17 heavy (non-hydrogen) atoms. The van der Waals surface area contributed by atoms with Crippen LogP contribution in [0.15, 0.2) is 12.1 Å². The zero-order valence-electron chi connectivity index (χ0n) is 9.91. The van der Waals surface area contributed by atoms with Crippen molar-refractivity contribution >= 4 is 17.2 Å². The first kappa shape index (κ1) is 12.2. The number of amides is 1. The van der Waals surface area contributed by atoms with Gasteiger partial charge in [0.2, 0.25) is 0 Å². The van der Waals surface area contributed by atoms with Crippen molar-refractivity contribution in [2.75, 3.05) is 6.61 Å². The molecule has 1 aromatic rings. The maximum absolute atomic E-state index is 11.9. The third-order valence-corrected chi connectivity index (χ3v) is 3.94. The maximum atomic E-state index is 11.9. The first-order valence-electron chi connectivity index (χ1n) is 5.53. The van der Waals surface area contributed by atoms with Crippen LogP contribution in [0.3, 0.4) is 0 Å². The van der Waals surface area contributed by atoms with Crippen LogP contribution in [-0.4, -0.2) is 23.7 Å². The summed E-state index contributed by atoms with van der Waals surface area (Å²) in [6, 6.07) is 3.88.